The number of carbonyl (C=O) groups is 2. The summed E-state index contributed by atoms with van der Waals surface area (Å²) in [5, 5.41) is 2.50. The first-order valence-electron chi connectivity index (χ1n) is 8.20. The molecule has 1 aromatic carbocycles. The number of fused-ring (bicyclic) bond motifs is 2. The molecule has 0 aliphatic rings. The zero-order chi connectivity index (χ0) is 20.1. The van der Waals surface area contributed by atoms with E-state index in [0.717, 1.165) is 10.9 Å². The topological polar surface area (TPSA) is 68.4 Å². The zero-order valence-corrected chi connectivity index (χ0v) is 14.5. The third-order valence-corrected chi connectivity index (χ3v) is 4.35. The van der Waals surface area contributed by atoms with Gasteiger partial charge >= 0.3 is 12.1 Å². The molecule has 0 radical (unpaired) electrons. The van der Waals surface area contributed by atoms with Gasteiger partial charge in [0.2, 0.25) is 0 Å². The molecule has 0 aliphatic carbocycles. The molecule has 3 aromatic heterocycles. The number of carbonyl (C=O) groups excluding carboxylic acids is 2. The molecule has 0 saturated heterocycles. The van der Waals surface area contributed by atoms with E-state index in [-0.39, 0.29) is 11.6 Å². The molecule has 4 aromatic rings. The summed E-state index contributed by atoms with van der Waals surface area (Å²) in [7, 11) is 1.84. The predicted molar refractivity (Wildman–Crippen MR) is 96.2 cm³/mol. The van der Waals surface area contributed by atoms with Crippen LogP contribution in [0.25, 0.3) is 16.6 Å². The van der Waals surface area contributed by atoms with E-state index in [0.29, 0.717) is 16.8 Å². The Hall–Kier alpha value is -3.62. The summed E-state index contributed by atoms with van der Waals surface area (Å²) in [5.74, 6) is -2.59. The van der Waals surface area contributed by atoms with Gasteiger partial charge in [-0.15, -0.1) is 0 Å². The van der Waals surface area contributed by atoms with E-state index in [1.54, 1.807) is 17.6 Å². The summed E-state index contributed by atoms with van der Waals surface area (Å²) in [6.07, 6.45) is -0.583. The number of aryl methyl sites for hydroxylation is 1. The first-order valence-corrected chi connectivity index (χ1v) is 8.20. The molecular weight excluding hydrogens is 373 g/mol. The van der Waals surface area contributed by atoms with Crippen molar-refractivity contribution in [3.63, 3.8) is 0 Å². The molecule has 0 unspecified atom stereocenters. The van der Waals surface area contributed by atoms with Crippen LogP contribution in [0, 0.1) is 0 Å². The summed E-state index contributed by atoms with van der Waals surface area (Å²) in [6, 6.07) is 10.5. The van der Waals surface area contributed by atoms with E-state index in [9.17, 15) is 22.8 Å². The highest BCUT2D eigenvalue weighted by Crippen LogP contribution is 2.24. The number of nitrogens with one attached hydrogen (secondary N) is 1. The van der Waals surface area contributed by atoms with E-state index in [1.165, 1.54) is 22.9 Å². The zero-order valence-electron chi connectivity index (χ0n) is 14.5. The standard InChI is InChI=1S/C19H13F3N4O2/c1-25-9-13(12-4-2-3-5-14(12)25)17(27)11-6-7-16-23-15(10-26(16)8-11)24-18(28)19(20,21)22/h2-10H,1H3,(H,24,28). The SMILES string of the molecule is Cn1cc(C(=O)c2ccc3nc(NC(=O)C(F)(F)F)cn3c2)c2ccccc21. The van der Waals surface area contributed by atoms with Crippen molar-refractivity contribution < 1.29 is 22.8 Å². The summed E-state index contributed by atoms with van der Waals surface area (Å²) in [5.41, 5.74) is 2.07. The van der Waals surface area contributed by atoms with E-state index in [2.05, 4.69) is 4.98 Å². The maximum atomic E-state index is 13.0. The number of para-hydroxylation sites is 1. The fourth-order valence-electron chi connectivity index (χ4n) is 3.05. The molecule has 0 atom stereocenters. The number of halogens is 3. The minimum absolute atomic E-state index is 0.228. The smallest absolute Gasteiger partial charge is 0.350 e. The molecule has 0 spiro atoms. The van der Waals surface area contributed by atoms with Gasteiger partial charge < -0.3 is 14.3 Å². The van der Waals surface area contributed by atoms with Crippen molar-refractivity contribution in [2.45, 2.75) is 6.18 Å². The van der Waals surface area contributed by atoms with Crippen LogP contribution in [0.5, 0.6) is 0 Å². The van der Waals surface area contributed by atoms with Crippen molar-refractivity contribution in [3.8, 4) is 0 Å². The lowest BCUT2D eigenvalue weighted by Gasteiger charge is -2.04. The number of benzene rings is 1. The van der Waals surface area contributed by atoms with Gasteiger partial charge in [0.25, 0.3) is 0 Å². The van der Waals surface area contributed by atoms with Crippen LogP contribution >= 0.6 is 0 Å². The van der Waals surface area contributed by atoms with Gasteiger partial charge in [-0.05, 0) is 18.2 Å². The number of alkyl halides is 3. The average molecular weight is 386 g/mol. The number of amides is 1. The summed E-state index contributed by atoms with van der Waals surface area (Å²) >= 11 is 0. The van der Waals surface area contributed by atoms with Crippen molar-refractivity contribution in [2.75, 3.05) is 5.32 Å². The number of anilines is 1. The fourth-order valence-corrected chi connectivity index (χ4v) is 3.05. The molecule has 4 rings (SSSR count). The normalized spacial score (nSPS) is 11.9. The van der Waals surface area contributed by atoms with Gasteiger partial charge in [0.05, 0.1) is 6.20 Å². The Labute approximate surface area is 156 Å². The van der Waals surface area contributed by atoms with Crippen molar-refractivity contribution in [1.82, 2.24) is 14.0 Å². The minimum Gasteiger partial charge on any atom is -0.350 e. The van der Waals surface area contributed by atoms with Gasteiger partial charge in [0, 0.05) is 41.5 Å². The van der Waals surface area contributed by atoms with Gasteiger partial charge in [0.1, 0.15) is 5.65 Å². The minimum atomic E-state index is -5.01. The quantitative estimate of drug-likeness (QED) is 0.548. The van der Waals surface area contributed by atoms with Crippen LogP contribution in [0.15, 0.2) is 55.0 Å². The molecule has 142 valence electrons. The first-order chi connectivity index (χ1) is 13.2. The van der Waals surface area contributed by atoms with Crippen molar-refractivity contribution in [2.24, 2.45) is 7.05 Å². The van der Waals surface area contributed by atoms with Crippen LogP contribution in [0.3, 0.4) is 0 Å². The van der Waals surface area contributed by atoms with Crippen molar-refractivity contribution in [1.29, 1.82) is 0 Å². The highest BCUT2D eigenvalue weighted by Gasteiger charge is 2.39. The number of rotatable bonds is 3. The first kappa shape index (κ1) is 17.8. The number of hydrogen-bond donors (Lipinski definition) is 1. The van der Waals surface area contributed by atoms with Crippen molar-refractivity contribution in [3.05, 3.63) is 66.1 Å². The maximum Gasteiger partial charge on any atom is 0.471 e. The monoisotopic (exact) mass is 386 g/mol. The maximum absolute atomic E-state index is 13.0. The fraction of sp³-hybridized carbons (Fsp3) is 0.105. The summed E-state index contributed by atoms with van der Waals surface area (Å²) in [6.45, 7) is 0. The summed E-state index contributed by atoms with van der Waals surface area (Å²) in [4.78, 5) is 27.9. The number of hydrogen-bond acceptors (Lipinski definition) is 3. The molecule has 0 saturated carbocycles. The summed E-state index contributed by atoms with van der Waals surface area (Å²) < 4.78 is 40.4. The van der Waals surface area contributed by atoms with Crippen LogP contribution in [0.4, 0.5) is 19.0 Å². The lowest BCUT2D eigenvalue weighted by molar-refractivity contribution is -0.167. The Morgan fingerprint density at radius 2 is 1.79 bits per heavy atom. The number of nitrogens with zero attached hydrogens (tertiary/aromatic N) is 3. The second-order valence-electron chi connectivity index (χ2n) is 6.26. The van der Waals surface area contributed by atoms with Crippen LogP contribution in [0.2, 0.25) is 0 Å². The van der Waals surface area contributed by atoms with Crippen molar-refractivity contribution >= 4 is 34.1 Å². The predicted octanol–water partition coefficient (Wildman–Crippen LogP) is 3.56. The Kier molecular flexibility index (Phi) is 3.95. The molecule has 9 heteroatoms. The number of aromatic nitrogens is 3. The van der Waals surface area contributed by atoms with Crippen LogP contribution in [0.1, 0.15) is 15.9 Å². The van der Waals surface area contributed by atoms with Crippen LogP contribution in [-0.2, 0) is 11.8 Å². The number of pyridine rings is 1. The Morgan fingerprint density at radius 3 is 2.54 bits per heavy atom. The molecule has 0 bridgehead atoms. The third-order valence-electron chi connectivity index (χ3n) is 4.35. The van der Waals surface area contributed by atoms with E-state index in [1.807, 2.05) is 35.9 Å². The number of imidazole rings is 1. The second-order valence-corrected chi connectivity index (χ2v) is 6.26. The molecule has 1 amide bonds. The molecule has 3 heterocycles. The van der Waals surface area contributed by atoms with Crippen LogP contribution in [-0.4, -0.2) is 31.8 Å². The molecule has 28 heavy (non-hydrogen) atoms. The van der Waals surface area contributed by atoms with Gasteiger partial charge in [-0.1, -0.05) is 18.2 Å². The molecular formula is C19H13F3N4O2. The Bertz CT molecular complexity index is 1240. The van der Waals surface area contributed by atoms with E-state index < -0.39 is 12.1 Å². The van der Waals surface area contributed by atoms with Crippen LogP contribution < -0.4 is 5.32 Å². The van der Waals surface area contributed by atoms with Gasteiger partial charge in [-0.25, -0.2) is 4.98 Å². The molecule has 6 nitrogen and oxygen atoms in total. The van der Waals surface area contributed by atoms with E-state index in [4.69, 9.17) is 0 Å². The Balaban J connectivity index is 1.69. The highest BCUT2D eigenvalue weighted by atomic mass is 19.4. The molecule has 0 fully saturated rings. The van der Waals surface area contributed by atoms with Gasteiger partial charge in [0.15, 0.2) is 11.6 Å². The lowest BCUT2D eigenvalue weighted by Crippen LogP contribution is -2.30. The average Bonchev–Trinajstić information content (AvgIpc) is 3.20. The number of ketones is 1. The van der Waals surface area contributed by atoms with E-state index >= 15 is 0 Å². The van der Waals surface area contributed by atoms with Gasteiger partial charge in [-0.3, -0.25) is 9.59 Å². The van der Waals surface area contributed by atoms with Gasteiger partial charge in [-0.2, -0.15) is 13.2 Å². The largest absolute Gasteiger partial charge is 0.471 e. The Morgan fingerprint density at radius 1 is 1.04 bits per heavy atom. The second kappa shape index (κ2) is 6.22. The molecule has 1 N–H and O–H groups in total. The lowest BCUT2D eigenvalue weighted by atomic mass is 10.0. The molecule has 0 aliphatic heterocycles. The highest BCUT2D eigenvalue weighted by molar-refractivity contribution is 6.16. The third kappa shape index (κ3) is 3.00.